The van der Waals surface area contributed by atoms with Crippen LogP contribution in [0.25, 0.3) is 0 Å². The Morgan fingerprint density at radius 3 is 2.44 bits per heavy atom. The number of ether oxygens (including phenoxy) is 1. The predicted octanol–water partition coefficient (Wildman–Crippen LogP) is 2.07. The topological polar surface area (TPSA) is 65.6 Å². The molecule has 138 valence electrons. The zero-order valence-corrected chi connectivity index (χ0v) is 16.0. The lowest BCUT2D eigenvalue weighted by molar-refractivity contribution is -0.123. The summed E-state index contributed by atoms with van der Waals surface area (Å²) in [6.07, 6.45) is 1.83. The molecule has 0 unspecified atom stereocenters. The number of aryl methyl sites for hydroxylation is 1. The number of thiocarbonyl (C=S) groups is 1. The van der Waals surface area contributed by atoms with Crippen LogP contribution in [0.3, 0.4) is 0 Å². The molecule has 1 aromatic rings. The van der Waals surface area contributed by atoms with Crippen LogP contribution in [-0.4, -0.2) is 47.8 Å². The summed E-state index contributed by atoms with van der Waals surface area (Å²) in [5.41, 5.74) is 7.54. The van der Waals surface area contributed by atoms with E-state index in [9.17, 15) is 4.79 Å². The average molecular weight is 365 g/mol. The van der Waals surface area contributed by atoms with Crippen molar-refractivity contribution < 1.29 is 9.53 Å². The predicted molar refractivity (Wildman–Crippen MR) is 104 cm³/mol. The summed E-state index contributed by atoms with van der Waals surface area (Å²) in [6.45, 7) is 8.66. The van der Waals surface area contributed by atoms with Crippen LogP contribution in [0.5, 0.6) is 0 Å². The van der Waals surface area contributed by atoms with Gasteiger partial charge in [-0.15, -0.1) is 0 Å². The molecule has 3 N–H and O–H groups in total. The molecule has 0 aliphatic carbocycles. The molecule has 25 heavy (non-hydrogen) atoms. The van der Waals surface area contributed by atoms with Gasteiger partial charge in [0.1, 0.15) is 0 Å². The third kappa shape index (κ3) is 6.97. The maximum Gasteiger partial charge on any atom is 0.239 e. The standard InChI is InChI=1S/C18H28N4O2S/c1-4-15-5-7-16(8-6-15)19-18(25)21-20-17(23)9-10-22-11-13(2)24-14(3)12-22/h5-8,13-14H,4,9-12H2,1-3H3,(H,20,23)(H2,19,21,25)/t13-,14-/m1/s1. The Morgan fingerprint density at radius 1 is 1.20 bits per heavy atom. The van der Waals surface area contributed by atoms with Gasteiger partial charge in [-0.3, -0.25) is 20.5 Å². The number of nitrogens with one attached hydrogen (secondary N) is 3. The zero-order chi connectivity index (χ0) is 18.2. The number of rotatable bonds is 5. The normalized spacial score (nSPS) is 20.8. The third-order valence-electron chi connectivity index (χ3n) is 4.09. The molecule has 0 spiro atoms. The van der Waals surface area contributed by atoms with Crippen molar-refractivity contribution in [3.05, 3.63) is 29.8 Å². The molecule has 1 aromatic carbocycles. The first-order valence-corrected chi connectivity index (χ1v) is 9.19. The van der Waals surface area contributed by atoms with Crippen LogP contribution in [0.15, 0.2) is 24.3 Å². The smallest absolute Gasteiger partial charge is 0.239 e. The van der Waals surface area contributed by atoms with E-state index in [-0.39, 0.29) is 18.1 Å². The maximum absolute atomic E-state index is 12.0. The summed E-state index contributed by atoms with van der Waals surface area (Å²) in [7, 11) is 0. The summed E-state index contributed by atoms with van der Waals surface area (Å²) in [6, 6.07) is 8.03. The molecule has 0 radical (unpaired) electrons. The molecule has 0 saturated carbocycles. The van der Waals surface area contributed by atoms with E-state index < -0.39 is 0 Å². The van der Waals surface area contributed by atoms with Gasteiger partial charge in [0.15, 0.2) is 5.11 Å². The monoisotopic (exact) mass is 364 g/mol. The highest BCUT2D eigenvalue weighted by Gasteiger charge is 2.22. The van der Waals surface area contributed by atoms with Crippen molar-refractivity contribution in [1.82, 2.24) is 15.8 Å². The van der Waals surface area contributed by atoms with Gasteiger partial charge in [0.25, 0.3) is 0 Å². The fourth-order valence-corrected chi connectivity index (χ4v) is 3.07. The van der Waals surface area contributed by atoms with Crippen molar-refractivity contribution in [3.63, 3.8) is 0 Å². The van der Waals surface area contributed by atoms with E-state index in [1.807, 2.05) is 24.3 Å². The highest BCUT2D eigenvalue weighted by molar-refractivity contribution is 7.80. The molecule has 6 nitrogen and oxygen atoms in total. The van der Waals surface area contributed by atoms with Gasteiger partial charge in [0, 0.05) is 31.7 Å². The number of hydrogen-bond acceptors (Lipinski definition) is 4. The lowest BCUT2D eigenvalue weighted by atomic mass is 10.1. The summed E-state index contributed by atoms with van der Waals surface area (Å²) in [4.78, 5) is 14.2. The first kappa shape index (κ1) is 19.6. The van der Waals surface area contributed by atoms with Crippen molar-refractivity contribution in [3.8, 4) is 0 Å². The van der Waals surface area contributed by atoms with Crippen LogP contribution in [0.1, 0.15) is 32.8 Å². The zero-order valence-electron chi connectivity index (χ0n) is 15.2. The summed E-state index contributed by atoms with van der Waals surface area (Å²) in [5, 5.41) is 3.41. The van der Waals surface area contributed by atoms with Gasteiger partial charge in [0.2, 0.25) is 5.91 Å². The van der Waals surface area contributed by atoms with Crippen molar-refractivity contribution >= 4 is 28.9 Å². The van der Waals surface area contributed by atoms with E-state index in [2.05, 4.69) is 41.8 Å². The lowest BCUT2D eigenvalue weighted by Gasteiger charge is -2.35. The van der Waals surface area contributed by atoms with Crippen LogP contribution in [0, 0.1) is 0 Å². The Morgan fingerprint density at radius 2 is 1.84 bits per heavy atom. The molecule has 7 heteroatoms. The number of hydrazine groups is 1. The minimum absolute atomic E-state index is 0.0859. The first-order valence-electron chi connectivity index (χ1n) is 8.79. The minimum Gasteiger partial charge on any atom is -0.373 e. The van der Waals surface area contributed by atoms with Gasteiger partial charge in [-0.1, -0.05) is 19.1 Å². The van der Waals surface area contributed by atoms with Crippen molar-refractivity contribution in [2.45, 2.75) is 45.8 Å². The molecule has 1 aliphatic rings. The van der Waals surface area contributed by atoms with E-state index in [1.165, 1.54) is 5.56 Å². The summed E-state index contributed by atoms with van der Waals surface area (Å²) < 4.78 is 5.69. The molecular formula is C18H28N4O2S. The second kappa shape index (κ2) is 9.70. The quantitative estimate of drug-likeness (QED) is 0.549. The number of anilines is 1. The lowest BCUT2D eigenvalue weighted by Crippen LogP contribution is -2.48. The molecule has 0 aromatic heterocycles. The largest absolute Gasteiger partial charge is 0.373 e. The van der Waals surface area contributed by atoms with Gasteiger partial charge >= 0.3 is 0 Å². The van der Waals surface area contributed by atoms with Gasteiger partial charge in [-0.25, -0.2) is 0 Å². The molecule has 1 fully saturated rings. The Hall–Kier alpha value is -1.70. The summed E-state index contributed by atoms with van der Waals surface area (Å²) in [5.74, 6) is -0.0859. The molecule has 1 saturated heterocycles. The molecule has 1 heterocycles. The number of amides is 1. The van der Waals surface area contributed by atoms with E-state index in [4.69, 9.17) is 17.0 Å². The van der Waals surface area contributed by atoms with Gasteiger partial charge in [-0.2, -0.15) is 0 Å². The Balaban J connectivity index is 1.66. The van der Waals surface area contributed by atoms with Crippen molar-refractivity contribution in [2.24, 2.45) is 0 Å². The number of benzene rings is 1. The van der Waals surface area contributed by atoms with Gasteiger partial charge in [0.05, 0.1) is 12.2 Å². The average Bonchev–Trinajstić information content (AvgIpc) is 2.58. The number of carbonyl (C=O) groups excluding carboxylic acids is 1. The van der Waals surface area contributed by atoms with Gasteiger partial charge < -0.3 is 10.1 Å². The van der Waals surface area contributed by atoms with Crippen LogP contribution < -0.4 is 16.2 Å². The first-order chi connectivity index (χ1) is 12.0. The third-order valence-corrected chi connectivity index (χ3v) is 4.29. The Kier molecular flexibility index (Phi) is 7.61. The van der Waals surface area contributed by atoms with Crippen molar-refractivity contribution in [2.75, 3.05) is 25.0 Å². The number of nitrogens with zero attached hydrogens (tertiary/aromatic N) is 1. The fourth-order valence-electron chi connectivity index (χ4n) is 2.90. The maximum atomic E-state index is 12.0. The van der Waals surface area contributed by atoms with Crippen molar-refractivity contribution in [1.29, 1.82) is 0 Å². The van der Waals surface area contributed by atoms with Crippen LogP contribution in [0.2, 0.25) is 0 Å². The molecular weight excluding hydrogens is 336 g/mol. The minimum atomic E-state index is -0.0859. The van der Waals surface area contributed by atoms with E-state index in [0.29, 0.717) is 18.1 Å². The number of hydrogen-bond donors (Lipinski definition) is 3. The number of morpholine rings is 1. The summed E-state index contributed by atoms with van der Waals surface area (Å²) >= 11 is 5.19. The fraction of sp³-hybridized carbons (Fsp3) is 0.556. The number of carbonyl (C=O) groups is 1. The van der Waals surface area contributed by atoms with E-state index in [1.54, 1.807) is 0 Å². The second-order valence-electron chi connectivity index (χ2n) is 6.44. The Bertz CT molecular complexity index is 569. The Labute approximate surface area is 155 Å². The van der Waals surface area contributed by atoms with E-state index >= 15 is 0 Å². The highest BCUT2D eigenvalue weighted by atomic mass is 32.1. The molecule has 2 atom stereocenters. The van der Waals surface area contributed by atoms with Crippen LogP contribution in [-0.2, 0) is 16.0 Å². The second-order valence-corrected chi connectivity index (χ2v) is 6.85. The molecule has 0 bridgehead atoms. The SMILES string of the molecule is CCc1ccc(NC(=S)NNC(=O)CCN2C[C@@H](C)O[C@H](C)C2)cc1. The highest BCUT2D eigenvalue weighted by Crippen LogP contribution is 2.11. The van der Waals surface area contributed by atoms with Gasteiger partial charge in [-0.05, 0) is 50.2 Å². The van der Waals surface area contributed by atoms with Crippen LogP contribution >= 0.6 is 12.2 Å². The molecule has 2 rings (SSSR count). The molecule has 1 aliphatic heterocycles. The van der Waals surface area contributed by atoms with E-state index in [0.717, 1.165) is 25.2 Å². The molecule has 1 amide bonds. The van der Waals surface area contributed by atoms with Crippen LogP contribution in [0.4, 0.5) is 5.69 Å².